The zero-order valence-electron chi connectivity index (χ0n) is 8.62. The SMILES string of the molecule is C=C(C)C(=O)ON(c1ccccc1)[N+](=O)[O-]. The molecule has 0 fully saturated rings. The van der Waals surface area contributed by atoms with Crippen molar-refractivity contribution in [2.24, 2.45) is 0 Å². The molecule has 1 rings (SSSR count). The molecule has 0 bridgehead atoms. The molecular formula is C10H10N2O4. The normalized spacial score (nSPS) is 9.31. The lowest BCUT2D eigenvalue weighted by Gasteiger charge is -2.11. The minimum atomic E-state index is -0.847. The molecule has 6 heteroatoms. The molecule has 6 nitrogen and oxygen atoms in total. The van der Waals surface area contributed by atoms with E-state index in [0.717, 1.165) is 0 Å². The molecule has 0 aliphatic carbocycles. The number of anilines is 1. The molecule has 0 amide bonds. The molecule has 0 radical (unpaired) electrons. The maximum absolute atomic E-state index is 11.2. The lowest BCUT2D eigenvalue weighted by atomic mass is 10.3. The van der Waals surface area contributed by atoms with Crippen LogP contribution in [0.2, 0.25) is 0 Å². The Morgan fingerprint density at radius 2 is 2.00 bits per heavy atom. The quantitative estimate of drug-likeness (QED) is 0.440. The van der Waals surface area contributed by atoms with E-state index in [1.54, 1.807) is 18.2 Å². The van der Waals surface area contributed by atoms with Crippen molar-refractivity contribution in [3.05, 3.63) is 52.6 Å². The molecule has 0 heterocycles. The number of rotatable bonds is 4. The van der Waals surface area contributed by atoms with Gasteiger partial charge in [-0.1, -0.05) is 24.8 Å². The second kappa shape index (κ2) is 4.92. The van der Waals surface area contributed by atoms with E-state index in [9.17, 15) is 14.9 Å². The summed E-state index contributed by atoms with van der Waals surface area (Å²) in [4.78, 5) is 26.4. The molecule has 0 aliphatic heterocycles. The van der Waals surface area contributed by atoms with Crippen LogP contribution in [0.1, 0.15) is 6.92 Å². The van der Waals surface area contributed by atoms with E-state index in [1.165, 1.54) is 19.1 Å². The Bertz CT molecular complexity index is 416. The van der Waals surface area contributed by atoms with Crippen LogP contribution in [0.5, 0.6) is 0 Å². The summed E-state index contributed by atoms with van der Waals surface area (Å²) in [7, 11) is 0. The van der Waals surface area contributed by atoms with Gasteiger partial charge in [0.2, 0.25) is 5.03 Å². The van der Waals surface area contributed by atoms with E-state index >= 15 is 0 Å². The Kier molecular flexibility index (Phi) is 3.60. The summed E-state index contributed by atoms with van der Waals surface area (Å²) in [6.07, 6.45) is 0. The molecule has 0 aliphatic rings. The highest BCUT2D eigenvalue weighted by molar-refractivity contribution is 5.87. The average Bonchev–Trinajstić information content (AvgIpc) is 2.26. The number of hydrazine groups is 1. The summed E-state index contributed by atoms with van der Waals surface area (Å²) in [5.41, 5.74) is 0.241. The molecule has 0 N–H and O–H groups in total. The molecule has 0 atom stereocenters. The maximum atomic E-state index is 11.2. The van der Waals surface area contributed by atoms with E-state index in [1.807, 2.05) is 0 Å². The van der Waals surface area contributed by atoms with E-state index in [0.29, 0.717) is 5.17 Å². The number of hydrogen-bond donors (Lipinski definition) is 0. The second-order valence-corrected chi connectivity index (χ2v) is 3.01. The minimum absolute atomic E-state index is 0.0859. The highest BCUT2D eigenvalue weighted by Crippen LogP contribution is 2.14. The van der Waals surface area contributed by atoms with Crippen molar-refractivity contribution in [2.75, 3.05) is 5.17 Å². The minimum Gasteiger partial charge on any atom is -0.279 e. The van der Waals surface area contributed by atoms with Gasteiger partial charge in [-0.2, -0.15) is 0 Å². The number of nitrogens with zero attached hydrogens (tertiary/aromatic N) is 2. The first-order chi connectivity index (χ1) is 7.52. The number of carbonyl (C=O) groups excluding carboxylic acids is 1. The number of hydrogen-bond acceptors (Lipinski definition) is 4. The topological polar surface area (TPSA) is 72.7 Å². The van der Waals surface area contributed by atoms with Crippen molar-refractivity contribution in [3.8, 4) is 0 Å². The van der Waals surface area contributed by atoms with Crippen molar-refractivity contribution in [1.29, 1.82) is 0 Å². The summed E-state index contributed by atoms with van der Waals surface area (Å²) in [5, 5.41) is 10.2. The van der Waals surface area contributed by atoms with E-state index in [4.69, 9.17) is 0 Å². The third-order valence-electron chi connectivity index (χ3n) is 1.64. The third kappa shape index (κ3) is 2.81. The van der Waals surface area contributed by atoms with Crippen molar-refractivity contribution in [1.82, 2.24) is 0 Å². The molecule has 1 aromatic carbocycles. The molecule has 1 aromatic rings. The molecule has 84 valence electrons. The maximum Gasteiger partial charge on any atom is 0.364 e. The van der Waals surface area contributed by atoms with Gasteiger partial charge in [0, 0.05) is 5.57 Å². The van der Waals surface area contributed by atoms with Crippen LogP contribution in [0.15, 0.2) is 42.5 Å². The highest BCUT2D eigenvalue weighted by Gasteiger charge is 2.23. The van der Waals surface area contributed by atoms with Crippen LogP contribution in [0.3, 0.4) is 0 Å². The van der Waals surface area contributed by atoms with Crippen molar-refractivity contribution >= 4 is 11.7 Å². The Morgan fingerprint density at radius 3 is 2.44 bits per heavy atom. The molecule has 16 heavy (non-hydrogen) atoms. The van der Waals surface area contributed by atoms with Crippen LogP contribution in [-0.4, -0.2) is 11.0 Å². The monoisotopic (exact) mass is 222 g/mol. The molecule has 0 unspecified atom stereocenters. The number of para-hydroxylation sites is 1. The Morgan fingerprint density at radius 1 is 1.44 bits per heavy atom. The standard InChI is InChI=1S/C10H10N2O4/c1-8(2)10(13)16-11(12(14)15)9-6-4-3-5-7-9/h3-7H,1H2,2H3. The fourth-order valence-corrected chi connectivity index (χ4v) is 0.892. The Balaban J connectivity index is 2.89. The van der Waals surface area contributed by atoms with Gasteiger partial charge in [0.15, 0.2) is 0 Å². The van der Waals surface area contributed by atoms with Crippen LogP contribution in [0, 0.1) is 10.1 Å². The summed E-state index contributed by atoms with van der Waals surface area (Å²) in [6, 6.07) is 7.80. The van der Waals surface area contributed by atoms with Gasteiger partial charge in [-0.15, -0.1) is 0 Å². The van der Waals surface area contributed by atoms with Gasteiger partial charge in [-0.3, -0.25) is 4.84 Å². The predicted molar refractivity (Wildman–Crippen MR) is 56.8 cm³/mol. The highest BCUT2D eigenvalue weighted by atomic mass is 16.8. The van der Waals surface area contributed by atoms with E-state index in [2.05, 4.69) is 11.4 Å². The van der Waals surface area contributed by atoms with Crippen LogP contribution in [-0.2, 0) is 9.63 Å². The zero-order chi connectivity index (χ0) is 12.1. The summed E-state index contributed by atoms with van der Waals surface area (Å²) in [5.74, 6) is -0.847. The Labute approximate surface area is 91.8 Å². The fourth-order valence-electron chi connectivity index (χ4n) is 0.892. The van der Waals surface area contributed by atoms with Gasteiger partial charge >= 0.3 is 5.97 Å². The van der Waals surface area contributed by atoms with Crippen molar-refractivity contribution in [3.63, 3.8) is 0 Å². The van der Waals surface area contributed by atoms with Crippen LogP contribution < -0.4 is 5.17 Å². The summed E-state index contributed by atoms with van der Waals surface area (Å²) < 4.78 is 0. The average molecular weight is 222 g/mol. The van der Waals surface area contributed by atoms with Crippen molar-refractivity contribution < 1.29 is 14.7 Å². The molecule has 0 saturated heterocycles. The first-order valence-corrected chi connectivity index (χ1v) is 4.39. The molecular weight excluding hydrogens is 212 g/mol. The molecule has 0 spiro atoms. The zero-order valence-corrected chi connectivity index (χ0v) is 8.62. The third-order valence-corrected chi connectivity index (χ3v) is 1.64. The van der Waals surface area contributed by atoms with Crippen LogP contribution >= 0.6 is 0 Å². The van der Waals surface area contributed by atoms with E-state index in [-0.39, 0.29) is 11.3 Å². The number of nitro groups is 1. The lowest BCUT2D eigenvalue weighted by molar-refractivity contribution is -0.539. The predicted octanol–water partition coefficient (Wildman–Crippen LogP) is 1.72. The lowest BCUT2D eigenvalue weighted by Crippen LogP contribution is -2.32. The number of benzene rings is 1. The summed E-state index contributed by atoms with van der Waals surface area (Å²) >= 11 is 0. The van der Waals surface area contributed by atoms with Gasteiger partial charge in [0.05, 0.1) is 5.17 Å². The first kappa shape index (κ1) is 11.7. The molecule has 0 aromatic heterocycles. The molecule has 0 saturated carbocycles. The van der Waals surface area contributed by atoms with Crippen molar-refractivity contribution in [2.45, 2.75) is 6.92 Å². The van der Waals surface area contributed by atoms with Crippen LogP contribution in [0.25, 0.3) is 0 Å². The van der Waals surface area contributed by atoms with Crippen LogP contribution in [0.4, 0.5) is 5.69 Å². The van der Waals surface area contributed by atoms with Gasteiger partial charge in [-0.25, -0.2) is 14.9 Å². The second-order valence-electron chi connectivity index (χ2n) is 3.01. The fraction of sp³-hybridized carbons (Fsp3) is 0.100. The Hall–Kier alpha value is -2.37. The summed E-state index contributed by atoms with van der Waals surface area (Å²) in [6.45, 7) is 4.75. The smallest absolute Gasteiger partial charge is 0.279 e. The largest absolute Gasteiger partial charge is 0.364 e. The number of carbonyl (C=O) groups is 1. The van der Waals surface area contributed by atoms with Gasteiger partial charge in [-0.05, 0) is 19.1 Å². The first-order valence-electron chi connectivity index (χ1n) is 4.39. The van der Waals surface area contributed by atoms with E-state index < -0.39 is 11.0 Å². The van der Waals surface area contributed by atoms with Gasteiger partial charge < -0.3 is 0 Å². The van der Waals surface area contributed by atoms with Gasteiger partial charge in [0.25, 0.3) is 0 Å². The van der Waals surface area contributed by atoms with Gasteiger partial charge in [0.1, 0.15) is 5.69 Å².